The van der Waals surface area contributed by atoms with Crippen molar-refractivity contribution >= 4 is 5.97 Å². The summed E-state index contributed by atoms with van der Waals surface area (Å²) in [5.41, 5.74) is -0.586. The predicted octanol–water partition coefficient (Wildman–Crippen LogP) is 1.34. The quantitative estimate of drug-likeness (QED) is 0.504. The van der Waals surface area contributed by atoms with E-state index in [1.165, 1.54) is 20.0 Å². The van der Waals surface area contributed by atoms with Crippen LogP contribution in [-0.4, -0.2) is 38.9 Å². The number of carbonyl (C=O) groups excluding carboxylic acids is 1. The van der Waals surface area contributed by atoms with E-state index >= 15 is 0 Å². The van der Waals surface area contributed by atoms with Gasteiger partial charge in [0.1, 0.15) is 5.54 Å². The van der Waals surface area contributed by atoms with Crippen molar-refractivity contribution in [3.05, 3.63) is 0 Å². The van der Waals surface area contributed by atoms with E-state index in [2.05, 4.69) is 5.32 Å². The van der Waals surface area contributed by atoms with Crippen molar-refractivity contribution in [3.8, 4) is 0 Å². The lowest BCUT2D eigenvalue weighted by Crippen LogP contribution is -2.48. The number of ether oxygens (including phenoxy) is 2. The summed E-state index contributed by atoms with van der Waals surface area (Å²) in [6.45, 7) is 3.47. The summed E-state index contributed by atoms with van der Waals surface area (Å²) in [4.78, 5) is 11.5. The molecule has 0 aromatic heterocycles. The van der Waals surface area contributed by atoms with E-state index in [4.69, 9.17) is 9.47 Å². The highest BCUT2D eigenvalue weighted by Crippen LogP contribution is 2.28. The molecule has 0 radical (unpaired) electrons. The highest BCUT2D eigenvalue weighted by molar-refractivity contribution is 5.80. The molecule has 1 saturated carbocycles. The molecule has 0 bridgehead atoms. The normalized spacial score (nSPS) is 19.2. The Morgan fingerprint density at radius 3 is 2.69 bits per heavy atom. The van der Waals surface area contributed by atoms with Gasteiger partial charge in [0.2, 0.25) is 0 Å². The largest absolute Gasteiger partial charge is 0.468 e. The number of hydrogen-bond acceptors (Lipinski definition) is 4. The van der Waals surface area contributed by atoms with Gasteiger partial charge in [-0.2, -0.15) is 0 Å². The van der Waals surface area contributed by atoms with Crippen molar-refractivity contribution in [2.24, 2.45) is 5.92 Å². The van der Waals surface area contributed by atoms with Crippen LogP contribution in [0.25, 0.3) is 0 Å². The Labute approximate surface area is 97.7 Å². The van der Waals surface area contributed by atoms with Gasteiger partial charge in [0.25, 0.3) is 0 Å². The van der Waals surface area contributed by atoms with Gasteiger partial charge < -0.3 is 14.8 Å². The van der Waals surface area contributed by atoms with Crippen molar-refractivity contribution in [2.75, 3.05) is 27.4 Å². The molecule has 4 heteroatoms. The van der Waals surface area contributed by atoms with Gasteiger partial charge in [-0.3, -0.25) is 4.79 Å². The summed E-state index contributed by atoms with van der Waals surface area (Å²) in [5.74, 6) is 0.591. The lowest BCUT2D eigenvalue weighted by Gasteiger charge is -2.25. The van der Waals surface area contributed by atoms with Crippen LogP contribution in [0.5, 0.6) is 0 Å². The maximum absolute atomic E-state index is 11.5. The SMILES string of the molecule is CNC(C)(CCCOCC1CC1)C(=O)OC. The summed E-state index contributed by atoms with van der Waals surface area (Å²) in [5, 5.41) is 3.01. The van der Waals surface area contributed by atoms with Crippen LogP contribution in [0, 0.1) is 5.92 Å². The fraction of sp³-hybridized carbons (Fsp3) is 0.917. The van der Waals surface area contributed by atoms with Crippen molar-refractivity contribution in [1.29, 1.82) is 0 Å². The first-order chi connectivity index (χ1) is 7.62. The molecule has 4 nitrogen and oxygen atoms in total. The molecule has 1 unspecified atom stereocenters. The second-order valence-electron chi connectivity index (χ2n) is 4.70. The van der Waals surface area contributed by atoms with Crippen LogP contribution in [0.15, 0.2) is 0 Å². The Balaban J connectivity index is 2.13. The average Bonchev–Trinajstić information content (AvgIpc) is 3.11. The zero-order chi connectivity index (χ0) is 12.0. The lowest BCUT2D eigenvalue weighted by atomic mass is 9.96. The fourth-order valence-corrected chi connectivity index (χ4v) is 1.62. The maximum atomic E-state index is 11.5. The molecule has 1 N–H and O–H groups in total. The smallest absolute Gasteiger partial charge is 0.325 e. The molecule has 0 aromatic carbocycles. The third-order valence-electron chi connectivity index (χ3n) is 3.20. The van der Waals surface area contributed by atoms with Gasteiger partial charge in [-0.05, 0) is 45.6 Å². The van der Waals surface area contributed by atoms with Crippen molar-refractivity contribution < 1.29 is 14.3 Å². The first-order valence-corrected chi connectivity index (χ1v) is 5.97. The van der Waals surface area contributed by atoms with E-state index in [9.17, 15) is 4.79 Å². The Hall–Kier alpha value is -0.610. The predicted molar refractivity (Wildman–Crippen MR) is 62.3 cm³/mol. The van der Waals surface area contributed by atoms with Crippen molar-refractivity contribution in [1.82, 2.24) is 5.32 Å². The van der Waals surface area contributed by atoms with E-state index in [1.54, 1.807) is 7.05 Å². The molecular weight excluding hydrogens is 206 g/mol. The summed E-state index contributed by atoms with van der Waals surface area (Å²) >= 11 is 0. The van der Waals surface area contributed by atoms with E-state index in [-0.39, 0.29) is 5.97 Å². The topological polar surface area (TPSA) is 47.6 Å². The van der Waals surface area contributed by atoms with Crippen LogP contribution < -0.4 is 5.32 Å². The maximum Gasteiger partial charge on any atom is 0.325 e. The van der Waals surface area contributed by atoms with Gasteiger partial charge >= 0.3 is 5.97 Å². The highest BCUT2D eigenvalue weighted by Gasteiger charge is 2.31. The van der Waals surface area contributed by atoms with Crippen LogP contribution in [0.1, 0.15) is 32.6 Å². The van der Waals surface area contributed by atoms with Crippen LogP contribution in [0.3, 0.4) is 0 Å². The second kappa shape index (κ2) is 6.21. The minimum atomic E-state index is -0.586. The number of rotatable bonds is 8. The fourth-order valence-electron chi connectivity index (χ4n) is 1.62. The molecule has 1 rings (SSSR count). The minimum Gasteiger partial charge on any atom is -0.468 e. The molecule has 94 valence electrons. The van der Waals surface area contributed by atoms with Gasteiger partial charge in [-0.25, -0.2) is 0 Å². The molecule has 1 atom stereocenters. The number of hydrogen-bond donors (Lipinski definition) is 1. The van der Waals surface area contributed by atoms with Gasteiger partial charge in [0.05, 0.1) is 7.11 Å². The summed E-state index contributed by atoms with van der Waals surface area (Å²) in [6.07, 6.45) is 4.24. The number of methoxy groups -OCH3 is 1. The highest BCUT2D eigenvalue weighted by atomic mass is 16.5. The summed E-state index contributed by atoms with van der Waals surface area (Å²) in [7, 11) is 3.20. The Bertz CT molecular complexity index is 228. The first-order valence-electron chi connectivity index (χ1n) is 5.97. The van der Waals surface area contributed by atoms with Crippen LogP contribution in [0.2, 0.25) is 0 Å². The molecule has 1 fully saturated rings. The molecule has 0 saturated heterocycles. The number of likely N-dealkylation sites (N-methyl/N-ethyl adjacent to an activating group) is 1. The second-order valence-corrected chi connectivity index (χ2v) is 4.70. The molecule has 0 aliphatic heterocycles. The standard InChI is InChI=1S/C12H23NO3/c1-12(13-2,11(14)15-3)7-4-8-16-9-10-5-6-10/h10,13H,4-9H2,1-3H3. The van der Waals surface area contributed by atoms with Crippen LogP contribution in [0.4, 0.5) is 0 Å². The molecule has 0 heterocycles. The Morgan fingerprint density at radius 1 is 1.50 bits per heavy atom. The monoisotopic (exact) mass is 229 g/mol. The summed E-state index contributed by atoms with van der Waals surface area (Å²) in [6, 6.07) is 0. The zero-order valence-corrected chi connectivity index (χ0v) is 10.5. The molecule has 0 amide bonds. The molecule has 1 aliphatic rings. The van der Waals surface area contributed by atoms with Gasteiger partial charge in [-0.15, -0.1) is 0 Å². The number of nitrogens with one attached hydrogen (secondary N) is 1. The molecular formula is C12H23NO3. The van der Waals surface area contributed by atoms with E-state index < -0.39 is 5.54 Å². The first kappa shape index (κ1) is 13.5. The van der Waals surface area contributed by atoms with Gasteiger partial charge in [0, 0.05) is 13.2 Å². The van der Waals surface area contributed by atoms with Crippen LogP contribution >= 0.6 is 0 Å². The van der Waals surface area contributed by atoms with E-state index in [0.29, 0.717) is 0 Å². The molecule has 1 aliphatic carbocycles. The molecule has 0 aromatic rings. The Morgan fingerprint density at radius 2 is 2.19 bits per heavy atom. The summed E-state index contributed by atoms with van der Waals surface area (Å²) < 4.78 is 10.3. The van der Waals surface area contributed by atoms with Gasteiger partial charge in [-0.1, -0.05) is 0 Å². The van der Waals surface area contributed by atoms with Crippen molar-refractivity contribution in [2.45, 2.75) is 38.1 Å². The van der Waals surface area contributed by atoms with E-state index in [1.807, 2.05) is 6.92 Å². The van der Waals surface area contributed by atoms with Crippen molar-refractivity contribution in [3.63, 3.8) is 0 Å². The number of esters is 1. The van der Waals surface area contributed by atoms with Crippen LogP contribution in [-0.2, 0) is 14.3 Å². The minimum absolute atomic E-state index is 0.211. The lowest BCUT2D eigenvalue weighted by molar-refractivity contribution is -0.148. The molecule has 16 heavy (non-hydrogen) atoms. The number of carbonyl (C=O) groups is 1. The third-order valence-corrected chi connectivity index (χ3v) is 3.20. The third kappa shape index (κ3) is 4.10. The zero-order valence-electron chi connectivity index (χ0n) is 10.5. The average molecular weight is 229 g/mol. The molecule has 0 spiro atoms. The van der Waals surface area contributed by atoms with Gasteiger partial charge in [0.15, 0.2) is 0 Å². The van der Waals surface area contributed by atoms with E-state index in [0.717, 1.165) is 32.0 Å². The Kier molecular flexibility index (Phi) is 5.22.